The third-order valence-electron chi connectivity index (χ3n) is 12.0. The smallest absolute Gasteiger partial charge is 0.306 e. The van der Waals surface area contributed by atoms with Gasteiger partial charge in [0.05, 0.1) is 33.8 Å². The van der Waals surface area contributed by atoms with Gasteiger partial charge in [0.1, 0.15) is 19.3 Å². The summed E-state index contributed by atoms with van der Waals surface area (Å²) in [5, 5.41) is 3.00. The molecular weight excluding hydrogens is 844 g/mol. The molecule has 0 aromatic carbocycles. The van der Waals surface area contributed by atoms with Crippen LogP contribution in [0.3, 0.4) is 0 Å². The van der Waals surface area contributed by atoms with Crippen molar-refractivity contribution in [3.8, 4) is 0 Å². The molecule has 3 unspecified atom stereocenters. The highest BCUT2D eigenvalue weighted by Crippen LogP contribution is 2.38. The molecule has 0 aliphatic heterocycles. The van der Waals surface area contributed by atoms with E-state index >= 15 is 0 Å². The van der Waals surface area contributed by atoms with Gasteiger partial charge in [-0.2, -0.15) is 0 Å². The van der Waals surface area contributed by atoms with Gasteiger partial charge in [-0.15, -0.1) is 0 Å². The zero-order chi connectivity index (χ0) is 48.7. The number of rotatable bonds is 49. The fourth-order valence-corrected chi connectivity index (χ4v) is 8.45. The van der Waals surface area contributed by atoms with Gasteiger partial charge in [-0.25, -0.2) is 0 Å². The van der Waals surface area contributed by atoms with Crippen molar-refractivity contribution in [1.29, 1.82) is 0 Å². The summed E-state index contributed by atoms with van der Waals surface area (Å²) in [5.41, 5.74) is 0. The number of amides is 1. The van der Waals surface area contributed by atoms with E-state index in [2.05, 4.69) is 62.5 Å². The summed E-state index contributed by atoms with van der Waals surface area (Å²) in [7, 11) is 1.17. The van der Waals surface area contributed by atoms with E-state index in [9.17, 15) is 19.0 Å². The largest absolute Gasteiger partial charge is 0.756 e. The number of quaternary nitrogens is 1. The number of carbonyl (C=O) groups excluding carboxylic acids is 2. The third-order valence-corrected chi connectivity index (χ3v) is 13.0. The molecule has 0 bridgehead atoms. The normalized spacial score (nSPS) is 14.2. The van der Waals surface area contributed by atoms with Crippen LogP contribution in [0.5, 0.6) is 0 Å². The number of phosphoric ester groups is 1. The molecule has 0 fully saturated rings. The van der Waals surface area contributed by atoms with E-state index in [1.165, 1.54) is 116 Å². The molecule has 0 aliphatic carbocycles. The van der Waals surface area contributed by atoms with Crippen LogP contribution in [0.2, 0.25) is 0 Å². The predicted octanol–water partition coefficient (Wildman–Crippen LogP) is 15.5. The molecular formula is C56H105N2O7P. The lowest BCUT2D eigenvalue weighted by Crippen LogP contribution is -2.47. The van der Waals surface area contributed by atoms with Crippen LogP contribution in [0.25, 0.3) is 0 Å². The second kappa shape index (κ2) is 46.7. The zero-order valence-electron chi connectivity index (χ0n) is 43.9. The number of phosphoric acid groups is 1. The topological polar surface area (TPSA) is 114 Å². The van der Waals surface area contributed by atoms with Crippen molar-refractivity contribution >= 4 is 19.7 Å². The Kier molecular flexibility index (Phi) is 45.3. The van der Waals surface area contributed by atoms with Gasteiger partial charge in [0.15, 0.2) is 0 Å². The second-order valence-corrected chi connectivity index (χ2v) is 21.1. The van der Waals surface area contributed by atoms with Gasteiger partial charge in [0.2, 0.25) is 5.91 Å². The molecule has 0 aromatic heterocycles. The Morgan fingerprint density at radius 1 is 0.545 bits per heavy atom. The fourth-order valence-electron chi connectivity index (χ4n) is 7.73. The van der Waals surface area contributed by atoms with Gasteiger partial charge in [0.25, 0.3) is 7.82 Å². The van der Waals surface area contributed by atoms with Crippen LogP contribution in [0.1, 0.15) is 245 Å². The van der Waals surface area contributed by atoms with Crippen LogP contribution in [0.4, 0.5) is 0 Å². The number of hydrogen-bond donors (Lipinski definition) is 1. The lowest BCUT2D eigenvalue weighted by molar-refractivity contribution is -0.870. The number of unbranched alkanes of at least 4 members (excludes halogenated alkanes) is 27. The highest BCUT2D eigenvalue weighted by Gasteiger charge is 2.27. The second-order valence-electron chi connectivity index (χ2n) is 19.7. The molecule has 3 atom stereocenters. The number of ether oxygens (including phenoxy) is 1. The molecule has 66 heavy (non-hydrogen) atoms. The molecule has 0 saturated carbocycles. The minimum atomic E-state index is -4.69. The van der Waals surface area contributed by atoms with Crippen molar-refractivity contribution in [2.45, 2.75) is 258 Å². The lowest BCUT2D eigenvalue weighted by atomic mass is 10.0. The minimum absolute atomic E-state index is 0.0265. The van der Waals surface area contributed by atoms with E-state index in [1.54, 1.807) is 0 Å². The van der Waals surface area contributed by atoms with Gasteiger partial charge < -0.3 is 28.5 Å². The number of carbonyl (C=O) groups is 2. The molecule has 386 valence electrons. The van der Waals surface area contributed by atoms with Gasteiger partial charge in [-0.1, -0.05) is 198 Å². The number of esters is 1. The summed E-state index contributed by atoms with van der Waals surface area (Å²) in [4.78, 5) is 39.7. The predicted molar refractivity (Wildman–Crippen MR) is 279 cm³/mol. The molecule has 1 N–H and O–H groups in total. The van der Waals surface area contributed by atoms with Crippen LogP contribution >= 0.6 is 7.82 Å². The first kappa shape index (κ1) is 64.0. The van der Waals surface area contributed by atoms with Crippen LogP contribution in [0.15, 0.2) is 48.6 Å². The molecule has 1 amide bonds. The van der Waals surface area contributed by atoms with Gasteiger partial charge in [-0.3, -0.25) is 14.2 Å². The Balaban J connectivity index is 5.42. The zero-order valence-corrected chi connectivity index (χ0v) is 44.8. The standard InChI is InChI=1S/C56H105N2O7P/c1-7-10-13-16-19-22-25-28-30-33-36-39-42-45-48-55(59)57-53(52-64-66(61,62)63-51-50-58(4,5)6)54(47-44-41-38-35-32-27-24-21-18-15-12-9-3)65-56(60)49-46-43-40-37-34-31-29-26-23-20-17-14-11-8-2/h11,14,20,23,30,33,44,47,53-54H,7-10,12-13,15-19,21-22,24-29,31-32,34-43,45-46,48-52H2,1-6H3,(H-,57,59,61,62)/b14-11+,23-20+,33-30-,47-44+. The highest BCUT2D eigenvalue weighted by molar-refractivity contribution is 7.45. The number of nitrogens with zero attached hydrogens (tertiary/aromatic N) is 1. The summed E-state index contributed by atoms with van der Waals surface area (Å²) in [6.45, 7) is 6.71. The molecule has 10 heteroatoms. The summed E-state index contributed by atoms with van der Waals surface area (Å²) in [6.07, 6.45) is 55.0. The maximum absolute atomic E-state index is 13.4. The average molecular weight is 949 g/mol. The van der Waals surface area contributed by atoms with Gasteiger partial charge >= 0.3 is 5.97 Å². The third kappa shape index (κ3) is 47.1. The van der Waals surface area contributed by atoms with Crippen LogP contribution < -0.4 is 10.2 Å². The molecule has 0 saturated heterocycles. The van der Waals surface area contributed by atoms with E-state index in [0.29, 0.717) is 23.9 Å². The molecule has 0 radical (unpaired) electrons. The van der Waals surface area contributed by atoms with Crippen molar-refractivity contribution < 1.29 is 37.3 Å². The van der Waals surface area contributed by atoms with Crippen molar-refractivity contribution in [1.82, 2.24) is 5.32 Å². The first-order valence-corrected chi connectivity index (χ1v) is 28.9. The molecule has 0 spiro atoms. The van der Waals surface area contributed by atoms with Crippen molar-refractivity contribution in [3.05, 3.63) is 48.6 Å². The Hall–Kier alpha value is -2.03. The summed E-state index contributed by atoms with van der Waals surface area (Å²) < 4.78 is 30.2. The monoisotopic (exact) mass is 949 g/mol. The maximum atomic E-state index is 13.4. The fraction of sp³-hybridized carbons (Fsp3) is 0.821. The summed E-state index contributed by atoms with van der Waals surface area (Å²) >= 11 is 0. The molecule has 0 rings (SSSR count). The Morgan fingerprint density at radius 2 is 0.970 bits per heavy atom. The number of hydrogen-bond acceptors (Lipinski definition) is 7. The van der Waals surface area contributed by atoms with Gasteiger partial charge in [-0.05, 0) is 83.1 Å². The molecule has 9 nitrogen and oxygen atoms in total. The number of likely N-dealkylation sites (N-methyl/N-ethyl adjacent to an activating group) is 1. The van der Waals surface area contributed by atoms with Gasteiger partial charge in [0, 0.05) is 12.8 Å². The minimum Gasteiger partial charge on any atom is -0.756 e. The highest BCUT2D eigenvalue weighted by atomic mass is 31.2. The van der Waals surface area contributed by atoms with Crippen molar-refractivity contribution in [3.63, 3.8) is 0 Å². The lowest BCUT2D eigenvalue weighted by Gasteiger charge is -2.30. The van der Waals surface area contributed by atoms with Crippen molar-refractivity contribution in [2.75, 3.05) is 40.9 Å². The first-order chi connectivity index (χ1) is 31.9. The van der Waals surface area contributed by atoms with Crippen LogP contribution in [-0.4, -0.2) is 69.4 Å². The van der Waals surface area contributed by atoms with Crippen LogP contribution in [0, 0.1) is 0 Å². The van der Waals surface area contributed by atoms with E-state index in [1.807, 2.05) is 33.3 Å². The maximum Gasteiger partial charge on any atom is 0.306 e. The van der Waals surface area contributed by atoms with Crippen molar-refractivity contribution in [2.24, 2.45) is 0 Å². The summed E-state index contributed by atoms with van der Waals surface area (Å²) in [5.74, 6) is -0.568. The Labute approximate surface area is 408 Å². The average Bonchev–Trinajstić information content (AvgIpc) is 3.27. The van der Waals surface area contributed by atoms with Crippen LogP contribution in [-0.2, 0) is 27.9 Å². The number of nitrogens with one attached hydrogen (secondary N) is 1. The Bertz CT molecular complexity index is 1280. The Morgan fingerprint density at radius 3 is 1.47 bits per heavy atom. The van der Waals surface area contributed by atoms with E-state index in [-0.39, 0.29) is 24.9 Å². The summed E-state index contributed by atoms with van der Waals surface area (Å²) in [6, 6.07) is -0.896. The SMILES string of the molecule is CC/C=C/C/C=C/CCCCCCCCCC(=O)OC(/C=C/CCCCCCCCCCCC)C(COP(=O)([O-])OCC[N+](C)(C)C)NC(=O)CCCCC/C=C\CCCCCCCCC. The molecule has 0 aliphatic rings. The molecule has 0 heterocycles. The molecule has 0 aromatic rings. The first-order valence-electron chi connectivity index (χ1n) is 27.4. The van der Waals surface area contributed by atoms with E-state index < -0.39 is 26.6 Å². The van der Waals surface area contributed by atoms with E-state index in [0.717, 1.165) is 89.9 Å². The van der Waals surface area contributed by atoms with E-state index in [4.69, 9.17) is 13.8 Å². The quantitative estimate of drug-likeness (QED) is 0.0212. The number of allylic oxidation sites excluding steroid dienone is 7.